The number of rotatable bonds is 10. The van der Waals surface area contributed by atoms with Gasteiger partial charge in [0.25, 0.3) is 0 Å². The van der Waals surface area contributed by atoms with E-state index in [0.29, 0.717) is 13.0 Å². The molecule has 0 N–H and O–H groups in total. The van der Waals surface area contributed by atoms with Gasteiger partial charge in [0.05, 0.1) is 23.4 Å². The van der Waals surface area contributed by atoms with Gasteiger partial charge in [-0.1, -0.05) is 45.5 Å². The van der Waals surface area contributed by atoms with Crippen LogP contribution in [0.2, 0.25) is 0 Å². The number of hydrogen-bond acceptors (Lipinski definition) is 6. The normalized spacial score (nSPS) is 14.7. The SMILES string of the molecule is O=C(CCCSc1ccccc1)N(CCCN1CCOCC1)c1nc2ccc(Br)cc2s1. The Labute approximate surface area is 206 Å². The Morgan fingerprint density at radius 3 is 2.78 bits per heavy atom. The first-order valence-corrected chi connectivity index (χ1v) is 13.6. The topological polar surface area (TPSA) is 45.7 Å². The monoisotopic (exact) mass is 533 g/mol. The number of aromatic nitrogens is 1. The number of carbonyl (C=O) groups is 1. The van der Waals surface area contributed by atoms with Crippen molar-refractivity contribution in [3.8, 4) is 0 Å². The van der Waals surface area contributed by atoms with E-state index in [-0.39, 0.29) is 5.91 Å². The van der Waals surface area contributed by atoms with Gasteiger partial charge >= 0.3 is 0 Å². The molecule has 2 aromatic carbocycles. The summed E-state index contributed by atoms with van der Waals surface area (Å²) in [6, 6.07) is 16.4. The first-order valence-electron chi connectivity index (χ1n) is 11.0. The molecular weight excluding hydrogens is 506 g/mol. The number of nitrogens with zero attached hydrogens (tertiary/aromatic N) is 3. The van der Waals surface area contributed by atoms with Gasteiger partial charge in [-0.15, -0.1) is 11.8 Å². The lowest BCUT2D eigenvalue weighted by Gasteiger charge is -2.27. The molecule has 8 heteroatoms. The Morgan fingerprint density at radius 2 is 1.97 bits per heavy atom. The number of fused-ring (bicyclic) bond motifs is 1. The van der Waals surface area contributed by atoms with Gasteiger partial charge in [-0.2, -0.15) is 0 Å². The fraction of sp³-hybridized carbons (Fsp3) is 0.417. The highest BCUT2D eigenvalue weighted by molar-refractivity contribution is 9.10. The highest BCUT2D eigenvalue weighted by atomic mass is 79.9. The van der Waals surface area contributed by atoms with Crippen molar-refractivity contribution in [2.45, 2.75) is 24.2 Å². The van der Waals surface area contributed by atoms with Gasteiger partial charge in [0, 0.05) is 42.0 Å². The van der Waals surface area contributed by atoms with Crippen LogP contribution in [0.1, 0.15) is 19.3 Å². The van der Waals surface area contributed by atoms with Gasteiger partial charge in [0.2, 0.25) is 5.91 Å². The molecule has 3 aromatic rings. The molecule has 1 aliphatic heterocycles. The van der Waals surface area contributed by atoms with Gasteiger partial charge in [-0.3, -0.25) is 14.6 Å². The maximum Gasteiger partial charge on any atom is 0.228 e. The van der Waals surface area contributed by atoms with E-state index < -0.39 is 0 Å². The van der Waals surface area contributed by atoms with E-state index >= 15 is 0 Å². The molecule has 0 saturated carbocycles. The molecule has 170 valence electrons. The lowest BCUT2D eigenvalue weighted by Crippen LogP contribution is -2.39. The van der Waals surface area contributed by atoms with Crippen molar-refractivity contribution >= 4 is 60.3 Å². The Hall–Kier alpha value is -1.45. The number of carbonyl (C=O) groups excluding carboxylic acids is 1. The fourth-order valence-corrected chi connectivity index (χ4v) is 6.11. The third-order valence-electron chi connectivity index (χ3n) is 5.38. The van der Waals surface area contributed by atoms with Gasteiger partial charge in [0.1, 0.15) is 0 Å². The lowest BCUT2D eigenvalue weighted by molar-refractivity contribution is -0.118. The summed E-state index contributed by atoms with van der Waals surface area (Å²) >= 11 is 6.93. The van der Waals surface area contributed by atoms with Crippen LogP contribution in [-0.2, 0) is 9.53 Å². The lowest BCUT2D eigenvalue weighted by atomic mass is 10.2. The maximum absolute atomic E-state index is 13.2. The second kappa shape index (κ2) is 12.1. The highest BCUT2D eigenvalue weighted by Gasteiger charge is 2.20. The van der Waals surface area contributed by atoms with Gasteiger partial charge < -0.3 is 4.74 Å². The minimum atomic E-state index is 0.166. The molecule has 0 unspecified atom stereocenters. The molecule has 4 rings (SSSR count). The van der Waals surface area contributed by atoms with Gasteiger partial charge in [0.15, 0.2) is 5.13 Å². The summed E-state index contributed by atoms with van der Waals surface area (Å²) in [5.74, 6) is 1.10. The summed E-state index contributed by atoms with van der Waals surface area (Å²) in [6.07, 6.45) is 2.33. The number of anilines is 1. The summed E-state index contributed by atoms with van der Waals surface area (Å²) in [5.41, 5.74) is 0.943. The zero-order valence-electron chi connectivity index (χ0n) is 18.0. The number of halogens is 1. The molecule has 0 aliphatic carbocycles. The second-order valence-corrected chi connectivity index (χ2v) is 10.8. The average molecular weight is 535 g/mol. The summed E-state index contributed by atoms with van der Waals surface area (Å²) in [6.45, 7) is 5.22. The van der Waals surface area contributed by atoms with Crippen molar-refractivity contribution in [3.05, 3.63) is 53.0 Å². The first kappa shape index (κ1) is 23.7. The van der Waals surface area contributed by atoms with Crippen molar-refractivity contribution < 1.29 is 9.53 Å². The Balaban J connectivity index is 1.37. The molecule has 1 fully saturated rings. The van der Waals surface area contributed by atoms with Crippen LogP contribution in [0.15, 0.2) is 57.9 Å². The summed E-state index contributed by atoms with van der Waals surface area (Å²) in [7, 11) is 0. The average Bonchev–Trinajstić information content (AvgIpc) is 3.23. The van der Waals surface area contributed by atoms with Crippen molar-refractivity contribution in [2.75, 3.05) is 50.0 Å². The van der Waals surface area contributed by atoms with E-state index in [9.17, 15) is 4.79 Å². The number of amides is 1. The van der Waals surface area contributed by atoms with Crippen LogP contribution in [0.25, 0.3) is 10.2 Å². The van der Waals surface area contributed by atoms with E-state index in [1.54, 1.807) is 23.1 Å². The predicted molar refractivity (Wildman–Crippen MR) is 138 cm³/mol. The molecule has 0 bridgehead atoms. The van der Waals surface area contributed by atoms with E-state index in [4.69, 9.17) is 9.72 Å². The van der Waals surface area contributed by atoms with E-state index in [1.165, 1.54) is 4.90 Å². The quantitative estimate of drug-likeness (QED) is 0.247. The molecule has 0 radical (unpaired) electrons. The van der Waals surface area contributed by atoms with Gasteiger partial charge in [-0.05, 0) is 48.9 Å². The molecule has 32 heavy (non-hydrogen) atoms. The number of ether oxygens (including phenoxy) is 1. The second-order valence-electron chi connectivity index (χ2n) is 7.73. The number of hydrogen-bond donors (Lipinski definition) is 0. The molecule has 1 saturated heterocycles. The molecule has 1 amide bonds. The van der Waals surface area contributed by atoms with Crippen LogP contribution in [0.4, 0.5) is 5.13 Å². The largest absolute Gasteiger partial charge is 0.379 e. The Morgan fingerprint density at radius 1 is 1.16 bits per heavy atom. The molecule has 5 nitrogen and oxygen atoms in total. The maximum atomic E-state index is 13.2. The highest BCUT2D eigenvalue weighted by Crippen LogP contribution is 2.31. The van der Waals surface area contributed by atoms with E-state index in [0.717, 1.165) is 71.3 Å². The van der Waals surface area contributed by atoms with E-state index in [1.807, 2.05) is 23.1 Å². The number of morpholine rings is 1. The van der Waals surface area contributed by atoms with E-state index in [2.05, 4.69) is 51.2 Å². The third kappa shape index (κ3) is 6.78. The number of thiazole rings is 1. The Kier molecular flexibility index (Phi) is 8.99. The van der Waals surface area contributed by atoms with Crippen LogP contribution >= 0.6 is 39.0 Å². The summed E-state index contributed by atoms with van der Waals surface area (Å²) < 4.78 is 7.57. The molecule has 1 aliphatic rings. The standard InChI is InChI=1S/C24H28BrN3O2S2/c25-19-9-10-21-22(18-19)32-24(26-21)28(12-5-11-27-13-15-30-16-14-27)23(29)8-4-17-31-20-6-2-1-3-7-20/h1-3,6-7,9-10,18H,4-5,8,11-17H2. The minimum Gasteiger partial charge on any atom is -0.379 e. The molecule has 0 atom stereocenters. The van der Waals surface area contributed by atoms with Crippen LogP contribution in [-0.4, -0.2) is 60.9 Å². The van der Waals surface area contributed by atoms with Crippen molar-refractivity contribution in [3.63, 3.8) is 0 Å². The zero-order chi connectivity index (χ0) is 22.2. The molecule has 2 heterocycles. The zero-order valence-corrected chi connectivity index (χ0v) is 21.3. The molecule has 0 spiro atoms. The summed E-state index contributed by atoms with van der Waals surface area (Å²) in [4.78, 5) is 23.6. The van der Waals surface area contributed by atoms with Crippen LogP contribution in [0.5, 0.6) is 0 Å². The number of benzene rings is 2. The van der Waals surface area contributed by atoms with Crippen molar-refractivity contribution in [2.24, 2.45) is 0 Å². The van der Waals surface area contributed by atoms with Gasteiger partial charge in [-0.25, -0.2) is 4.98 Å². The molecule has 1 aromatic heterocycles. The fourth-order valence-electron chi connectivity index (χ4n) is 3.67. The molecular formula is C24H28BrN3O2S2. The predicted octanol–water partition coefficient (Wildman–Crippen LogP) is 5.69. The van der Waals surface area contributed by atoms with Crippen molar-refractivity contribution in [1.29, 1.82) is 0 Å². The summed E-state index contributed by atoms with van der Waals surface area (Å²) in [5, 5.41) is 0.806. The van der Waals surface area contributed by atoms with Crippen LogP contribution in [0, 0.1) is 0 Å². The Bertz CT molecular complexity index is 1010. The third-order valence-corrected chi connectivity index (χ3v) is 8.01. The minimum absolute atomic E-state index is 0.166. The van der Waals surface area contributed by atoms with Crippen LogP contribution < -0.4 is 4.90 Å². The van der Waals surface area contributed by atoms with Crippen LogP contribution in [0.3, 0.4) is 0 Å². The first-order chi connectivity index (χ1) is 15.7. The van der Waals surface area contributed by atoms with Crippen molar-refractivity contribution in [1.82, 2.24) is 9.88 Å². The number of thioether (sulfide) groups is 1. The smallest absolute Gasteiger partial charge is 0.228 e.